The summed E-state index contributed by atoms with van der Waals surface area (Å²) < 4.78 is 16.8. The van der Waals surface area contributed by atoms with Gasteiger partial charge < -0.3 is 13.3 Å². The predicted molar refractivity (Wildman–Crippen MR) is 81.7 cm³/mol. The van der Waals surface area contributed by atoms with Crippen molar-refractivity contribution in [3.05, 3.63) is 34.8 Å². The van der Waals surface area contributed by atoms with Crippen LogP contribution in [0.2, 0.25) is 0 Å². The van der Waals surface area contributed by atoms with Crippen LogP contribution >= 0.6 is 0 Å². The van der Waals surface area contributed by atoms with Crippen molar-refractivity contribution < 1.29 is 13.3 Å². The molecule has 0 unspecified atom stereocenters. The third kappa shape index (κ3) is 12.0. The summed E-state index contributed by atoms with van der Waals surface area (Å²) in [6.45, 7) is 11.5. The van der Waals surface area contributed by atoms with Gasteiger partial charge in [-0.15, -0.1) is 6.58 Å². The minimum absolute atomic E-state index is 0.454. The van der Waals surface area contributed by atoms with Crippen molar-refractivity contribution in [3.8, 4) is 0 Å². The molecular formula is C11H24O3Si3. The molecule has 0 bridgehead atoms. The van der Waals surface area contributed by atoms with E-state index in [0.717, 1.165) is 0 Å². The first-order chi connectivity index (χ1) is 8.06. The van der Waals surface area contributed by atoms with E-state index in [2.05, 4.69) is 45.7 Å². The summed E-state index contributed by atoms with van der Waals surface area (Å²) in [4.78, 5) is 0. The summed E-state index contributed by atoms with van der Waals surface area (Å²) in [6, 6.07) is 0. The highest BCUT2D eigenvalue weighted by atomic mass is 28.2. The lowest BCUT2D eigenvalue weighted by Crippen LogP contribution is -2.25. The maximum atomic E-state index is 5.65. The van der Waals surface area contributed by atoms with Crippen molar-refractivity contribution in [1.29, 1.82) is 0 Å². The Morgan fingerprint density at radius 1 is 0.882 bits per heavy atom. The first-order valence-electron chi connectivity index (χ1n) is 5.78. The fraction of sp³-hybridized carbons (Fsp3) is 0.455. The zero-order valence-corrected chi connectivity index (χ0v) is 15.6. The van der Waals surface area contributed by atoms with Gasteiger partial charge in [0, 0.05) is 0 Å². The topological polar surface area (TPSA) is 27.7 Å². The zero-order chi connectivity index (χ0) is 13.1. The van der Waals surface area contributed by atoms with Gasteiger partial charge in [0.15, 0.2) is 29.3 Å². The lowest BCUT2D eigenvalue weighted by atomic mass is 10.4. The molecule has 0 fully saturated rings. The van der Waals surface area contributed by atoms with E-state index in [0.29, 0.717) is 0 Å². The van der Waals surface area contributed by atoms with Crippen LogP contribution in [0, 0.1) is 0 Å². The Bertz CT molecular complexity index is 247. The fourth-order valence-electron chi connectivity index (χ4n) is 0.878. The average molecular weight is 289 g/mol. The van der Waals surface area contributed by atoms with Gasteiger partial charge in [-0.3, -0.25) is 0 Å². The monoisotopic (exact) mass is 288 g/mol. The van der Waals surface area contributed by atoms with Gasteiger partial charge in [-0.05, 0) is 27.7 Å². The fourth-order valence-corrected chi connectivity index (χ4v) is 3.50. The molecule has 0 aliphatic heterocycles. The highest BCUT2D eigenvalue weighted by molar-refractivity contribution is 6.36. The molecule has 0 radical (unpaired) electrons. The number of rotatable bonds is 9. The summed E-state index contributed by atoms with van der Waals surface area (Å²) in [5.74, 6) is 0. The van der Waals surface area contributed by atoms with Gasteiger partial charge in [0.2, 0.25) is 6.48 Å². The summed E-state index contributed by atoms with van der Waals surface area (Å²) in [5, 5.41) is 0. The van der Waals surface area contributed by atoms with E-state index < -0.39 is 35.8 Å². The van der Waals surface area contributed by atoms with Crippen molar-refractivity contribution in [2.45, 2.75) is 34.2 Å². The molecule has 3 nitrogen and oxygen atoms in total. The third-order valence-corrected chi connectivity index (χ3v) is 5.39. The number of allylic oxidation sites excluding steroid dienone is 2. The molecule has 0 atom stereocenters. The van der Waals surface area contributed by atoms with Crippen LogP contribution in [-0.2, 0) is 13.3 Å². The van der Waals surface area contributed by atoms with Gasteiger partial charge in [0.25, 0.3) is 0 Å². The second-order valence-electron chi connectivity index (χ2n) is 4.14. The van der Waals surface area contributed by atoms with E-state index in [1.807, 2.05) is 5.70 Å². The molecule has 0 N–H and O–H groups in total. The molecule has 6 heteroatoms. The van der Waals surface area contributed by atoms with Crippen LogP contribution < -0.4 is 0 Å². The normalized spacial score (nSPS) is 13.9. The molecule has 0 spiro atoms. The molecular weight excluding hydrogens is 264 g/mol. The highest BCUT2D eigenvalue weighted by Crippen LogP contribution is 1.98. The Morgan fingerprint density at radius 3 is 1.65 bits per heavy atom. The molecule has 0 saturated carbocycles. The van der Waals surface area contributed by atoms with E-state index in [1.165, 1.54) is 11.1 Å². The minimum atomic E-state index is -0.703. The van der Waals surface area contributed by atoms with Gasteiger partial charge in [0.05, 0.1) is 0 Å². The molecule has 0 aromatic heterocycles. The van der Waals surface area contributed by atoms with Crippen LogP contribution in [0.3, 0.4) is 0 Å². The van der Waals surface area contributed by atoms with Crippen molar-refractivity contribution in [1.82, 2.24) is 0 Å². The largest absolute Gasteiger partial charge is 0.375 e. The summed E-state index contributed by atoms with van der Waals surface area (Å²) in [5.41, 5.74) is 8.72. The summed E-state index contributed by atoms with van der Waals surface area (Å²) >= 11 is 0. The van der Waals surface area contributed by atoms with E-state index in [4.69, 9.17) is 13.3 Å². The van der Waals surface area contributed by atoms with Gasteiger partial charge in [-0.1, -0.05) is 28.2 Å². The molecule has 0 aromatic carbocycles. The SMILES string of the molecule is C=C[SiH2]OC(O[SiH2]C=C(C)C)O[SiH2]C=C(C)C. The quantitative estimate of drug-likeness (QED) is 0.458. The molecule has 98 valence electrons. The molecule has 0 amide bonds. The van der Waals surface area contributed by atoms with Crippen molar-refractivity contribution >= 4 is 29.3 Å². The molecule has 0 saturated heterocycles. The molecule has 0 aliphatic carbocycles. The Labute approximate surface area is 112 Å². The van der Waals surface area contributed by atoms with E-state index >= 15 is 0 Å². The van der Waals surface area contributed by atoms with Crippen LogP contribution in [0.15, 0.2) is 34.8 Å². The third-order valence-electron chi connectivity index (χ3n) is 1.80. The van der Waals surface area contributed by atoms with Crippen molar-refractivity contribution in [3.63, 3.8) is 0 Å². The molecule has 0 heterocycles. The van der Waals surface area contributed by atoms with Crippen LogP contribution in [0.4, 0.5) is 0 Å². The lowest BCUT2D eigenvalue weighted by molar-refractivity contribution is -0.137. The van der Waals surface area contributed by atoms with Gasteiger partial charge in [-0.2, -0.15) is 0 Å². The van der Waals surface area contributed by atoms with Gasteiger partial charge in [0.1, 0.15) is 0 Å². The Kier molecular flexibility index (Phi) is 10.7. The van der Waals surface area contributed by atoms with Crippen LogP contribution in [-0.4, -0.2) is 35.8 Å². The minimum Gasteiger partial charge on any atom is -0.375 e. The molecule has 17 heavy (non-hydrogen) atoms. The maximum Gasteiger partial charge on any atom is 0.242 e. The van der Waals surface area contributed by atoms with E-state index in [1.54, 1.807) is 0 Å². The maximum absolute atomic E-state index is 5.65. The van der Waals surface area contributed by atoms with Crippen molar-refractivity contribution in [2.24, 2.45) is 0 Å². The molecule has 0 aromatic rings. The number of hydrogen-bond acceptors (Lipinski definition) is 3. The van der Waals surface area contributed by atoms with Crippen molar-refractivity contribution in [2.75, 3.05) is 0 Å². The molecule has 0 rings (SSSR count). The first-order valence-corrected chi connectivity index (χ1v) is 9.97. The highest BCUT2D eigenvalue weighted by Gasteiger charge is 2.06. The van der Waals surface area contributed by atoms with E-state index in [-0.39, 0.29) is 0 Å². The predicted octanol–water partition coefficient (Wildman–Crippen LogP) is 0.562. The Hall–Kier alpha value is -0.249. The zero-order valence-electron chi connectivity index (χ0n) is 11.4. The van der Waals surface area contributed by atoms with Crippen LogP contribution in [0.25, 0.3) is 0 Å². The standard InChI is InChI=1S/C11H24O3Si3/c1-6-15-12-11(13-16-7-9(2)3)14-17-8-10(4)5/h6-8,11H,1,15-17H2,2-5H3. The Morgan fingerprint density at radius 2 is 1.29 bits per heavy atom. The average Bonchev–Trinajstić information content (AvgIpc) is 2.24. The van der Waals surface area contributed by atoms with Crippen LogP contribution in [0.5, 0.6) is 0 Å². The smallest absolute Gasteiger partial charge is 0.242 e. The Balaban J connectivity index is 3.99. The van der Waals surface area contributed by atoms with Gasteiger partial charge >= 0.3 is 0 Å². The number of hydrogen-bond donors (Lipinski definition) is 0. The lowest BCUT2D eigenvalue weighted by Gasteiger charge is -2.17. The second-order valence-corrected chi connectivity index (χ2v) is 7.53. The molecule has 0 aliphatic rings. The van der Waals surface area contributed by atoms with Crippen LogP contribution in [0.1, 0.15) is 27.7 Å². The van der Waals surface area contributed by atoms with E-state index in [9.17, 15) is 0 Å². The second kappa shape index (κ2) is 10.9. The summed E-state index contributed by atoms with van der Waals surface area (Å²) in [6.07, 6.45) is 0. The first kappa shape index (κ1) is 16.8. The summed E-state index contributed by atoms with van der Waals surface area (Å²) in [7, 11) is -2.07. The van der Waals surface area contributed by atoms with Gasteiger partial charge in [-0.25, -0.2) is 0 Å².